The van der Waals surface area contributed by atoms with Gasteiger partial charge in [0.05, 0.1) is 6.04 Å². The van der Waals surface area contributed by atoms with E-state index in [-0.39, 0.29) is 11.9 Å². The lowest BCUT2D eigenvalue weighted by molar-refractivity contribution is -0.00459. The van der Waals surface area contributed by atoms with E-state index in [9.17, 15) is 19.1 Å². The van der Waals surface area contributed by atoms with Crippen molar-refractivity contribution in [1.82, 2.24) is 19.8 Å². The molecule has 3 unspecified atom stereocenters. The molecule has 1 fully saturated rings. The number of hydrogen-bond acceptors (Lipinski definition) is 6. The molecular weight excluding hydrogens is 547 g/mol. The molecule has 2 aromatic heterocycles. The van der Waals surface area contributed by atoms with Crippen LogP contribution in [0.25, 0.3) is 0 Å². The second-order valence-corrected chi connectivity index (χ2v) is 11.9. The highest BCUT2D eigenvalue weighted by atomic mass is 35.5. The van der Waals surface area contributed by atoms with Crippen LogP contribution in [-0.2, 0) is 17.7 Å². The normalized spacial score (nSPS) is 17.8. The number of benzene rings is 1. The number of ether oxygens (including phenoxy) is 1. The first-order chi connectivity index (χ1) is 19.3. The van der Waals surface area contributed by atoms with Crippen LogP contribution in [0.3, 0.4) is 0 Å². The van der Waals surface area contributed by atoms with Crippen LogP contribution in [0.5, 0.6) is 0 Å². The maximum absolute atomic E-state index is 13.5. The number of halogens is 2. The van der Waals surface area contributed by atoms with E-state index in [1.54, 1.807) is 54.1 Å². The molecule has 0 saturated carbocycles. The predicted molar refractivity (Wildman–Crippen MR) is 154 cm³/mol. The molecule has 41 heavy (non-hydrogen) atoms. The highest BCUT2D eigenvalue weighted by Crippen LogP contribution is 2.36. The van der Waals surface area contributed by atoms with Gasteiger partial charge in [0.25, 0.3) is 5.91 Å². The van der Waals surface area contributed by atoms with Crippen molar-refractivity contribution in [3.8, 4) is 0 Å². The van der Waals surface area contributed by atoms with Crippen molar-refractivity contribution in [2.45, 2.75) is 77.3 Å². The lowest BCUT2D eigenvalue weighted by Crippen LogP contribution is -2.47. The maximum Gasteiger partial charge on any atom is 0.410 e. The average molecular weight is 583 g/mol. The zero-order valence-electron chi connectivity index (χ0n) is 24.0. The number of likely N-dealkylation sites (tertiary alicyclic amines) is 1. The first-order valence-electron chi connectivity index (χ1n) is 13.6. The summed E-state index contributed by atoms with van der Waals surface area (Å²) < 4.78 is 19.2. The van der Waals surface area contributed by atoms with E-state index in [0.717, 1.165) is 11.1 Å². The zero-order chi connectivity index (χ0) is 29.9. The Morgan fingerprint density at radius 1 is 1.12 bits per heavy atom. The molecular formula is C31H36ClFN4O4. The summed E-state index contributed by atoms with van der Waals surface area (Å²) >= 11 is 5.92. The van der Waals surface area contributed by atoms with Gasteiger partial charge in [-0.15, -0.1) is 0 Å². The number of amides is 2. The molecule has 8 nitrogen and oxygen atoms in total. The van der Waals surface area contributed by atoms with Crippen LogP contribution >= 0.6 is 11.6 Å². The van der Waals surface area contributed by atoms with Crippen LogP contribution in [-0.4, -0.2) is 61.6 Å². The maximum atomic E-state index is 13.5. The molecule has 218 valence electrons. The van der Waals surface area contributed by atoms with Gasteiger partial charge in [0, 0.05) is 48.7 Å². The molecule has 1 aliphatic rings. The van der Waals surface area contributed by atoms with E-state index in [2.05, 4.69) is 9.97 Å². The SMILES string of the molecule is Cc1cc(CN(C)C(=O)c2ccc(CC3CCC(C(O)c4ccc(Cl)nc4)N3C(=O)OC(C)(C)C)cc2)cnc1F. The molecule has 3 atom stereocenters. The van der Waals surface area contributed by atoms with Crippen LogP contribution in [0.15, 0.2) is 54.9 Å². The molecule has 1 N–H and O–H groups in total. The van der Waals surface area contributed by atoms with E-state index in [0.29, 0.717) is 47.7 Å². The minimum absolute atomic E-state index is 0.172. The Balaban J connectivity index is 1.47. The Morgan fingerprint density at radius 2 is 1.83 bits per heavy atom. The highest BCUT2D eigenvalue weighted by molar-refractivity contribution is 6.29. The molecule has 3 heterocycles. The quantitative estimate of drug-likeness (QED) is 0.349. The van der Waals surface area contributed by atoms with Gasteiger partial charge in [0.2, 0.25) is 5.95 Å². The first-order valence-corrected chi connectivity index (χ1v) is 14.0. The third kappa shape index (κ3) is 7.59. The predicted octanol–water partition coefficient (Wildman–Crippen LogP) is 5.89. The fourth-order valence-corrected chi connectivity index (χ4v) is 5.24. The van der Waals surface area contributed by atoms with E-state index >= 15 is 0 Å². The first kappa shape index (κ1) is 30.4. The number of aliphatic hydroxyl groups excluding tert-OH is 1. The van der Waals surface area contributed by atoms with E-state index in [1.807, 2.05) is 32.9 Å². The minimum Gasteiger partial charge on any atom is -0.444 e. The summed E-state index contributed by atoms with van der Waals surface area (Å²) in [5.41, 5.74) is 2.52. The van der Waals surface area contributed by atoms with Gasteiger partial charge in [0.1, 0.15) is 16.9 Å². The van der Waals surface area contributed by atoms with Gasteiger partial charge in [-0.1, -0.05) is 29.8 Å². The number of aromatic nitrogens is 2. The van der Waals surface area contributed by atoms with Crippen LogP contribution in [0, 0.1) is 12.9 Å². The zero-order valence-corrected chi connectivity index (χ0v) is 24.7. The smallest absolute Gasteiger partial charge is 0.410 e. The van der Waals surface area contributed by atoms with Gasteiger partial charge < -0.3 is 14.7 Å². The van der Waals surface area contributed by atoms with E-state index in [1.165, 1.54) is 12.4 Å². The van der Waals surface area contributed by atoms with E-state index in [4.69, 9.17) is 16.3 Å². The number of rotatable bonds is 7. The molecule has 10 heteroatoms. The summed E-state index contributed by atoms with van der Waals surface area (Å²) in [6.07, 6.45) is 3.32. The molecule has 1 aromatic carbocycles. The lowest BCUT2D eigenvalue weighted by Gasteiger charge is -2.34. The van der Waals surface area contributed by atoms with Gasteiger partial charge in [-0.05, 0) is 82.3 Å². The van der Waals surface area contributed by atoms with Crippen molar-refractivity contribution in [2.75, 3.05) is 7.05 Å². The molecule has 3 aromatic rings. The third-order valence-corrected chi connectivity index (χ3v) is 7.34. The van der Waals surface area contributed by atoms with Crippen molar-refractivity contribution in [1.29, 1.82) is 0 Å². The molecule has 1 saturated heterocycles. The van der Waals surface area contributed by atoms with Gasteiger partial charge in [-0.25, -0.2) is 14.8 Å². The van der Waals surface area contributed by atoms with Gasteiger partial charge in [0.15, 0.2) is 0 Å². The van der Waals surface area contributed by atoms with Crippen LogP contribution in [0.4, 0.5) is 9.18 Å². The Bertz CT molecular complexity index is 1380. The Morgan fingerprint density at radius 3 is 2.44 bits per heavy atom. The minimum atomic E-state index is -0.951. The van der Waals surface area contributed by atoms with Gasteiger partial charge in [-0.3, -0.25) is 9.69 Å². The number of hydrogen-bond donors (Lipinski definition) is 1. The molecule has 0 spiro atoms. The van der Waals surface area contributed by atoms with Crippen LogP contribution < -0.4 is 0 Å². The molecule has 0 aliphatic carbocycles. The number of carbonyl (C=O) groups is 2. The van der Waals surface area contributed by atoms with Crippen molar-refractivity contribution < 1.29 is 23.8 Å². The fraction of sp³-hybridized carbons (Fsp3) is 0.419. The Kier molecular flexibility index (Phi) is 9.29. The number of aliphatic hydroxyl groups is 1. The average Bonchev–Trinajstić information content (AvgIpc) is 3.33. The fourth-order valence-electron chi connectivity index (χ4n) is 5.13. The number of carbonyl (C=O) groups excluding carboxylic acids is 2. The second-order valence-electron chi connectivity index (χ2n) is 11.6. The topological polar surface area (TPSA) is 95.9 Å². The largest absolute Gasteiger partial charge is 0.444 e. The van der Waals surface area contributed by atoms with Crippen molar-refractivity contribution in [3.05, 3.63) is 93.8 Å². The monoisotopic (exact) mass is 582 g/mol. The number of pyridine rings is 2. The summed E-state index contributed by atoms with van der Waals surface area (Å²) in [5, 5.41) is 11.5. The summed E-state index contributed by atoms with van der Waals surface area (Å²) in [6.45, 7) is 7.37. The van der Waals surface area contributed by atoms with Crippen molar-refractivity contribution in [2.24, 2.45) is 0 Å². The third-order valence-electron chi connectivity index (χ3n) is 7.12. The van der Waals surface area contributed by atoms with Crippen molar-refractivity contribution >= 4 is 23.6 Å². The number of nitrogens with zero attached hydrogens (tertiary/aromatic N) is 4. The van der Waals surface area contributed by atoms with Gasteiger partial charge >= 0.3 is 6.09 Å². The number of aryl methyl sites for hydroxylation is 1. The second kappa shape index (κ2) is 12.5. The Labute approximate surface area is 245 Å². The molecule has 0 bridgehead atoms. The summed E-state index contributed by atoms with van der Waals surface area (Å²) in [6, 6.07) is 11.6. The lowest BCUT2D eigenvalue weighted by atomic mass is 10.0. The standard InChI is InChI=1S/C31H36ClFN4O4/c1-19-14-21(16-35-28(19)33)18-36(5)29(39)22-8-6-20(7-9-22)15-24-11-12-25(37(24)30(40)41-31(2,3)4)27(38)23-10-13-26(32)34-17-23/h6-10,13-14,16-17,24-25,27,38H,11-12,15,18H2,1-5H3. The molecule has 0 radical (unpaired) electrons. The Hall–Kier alpha value is -3.56. The van der Waals surface area contributed by atoms with Crippen molar-refractivity contribution in [3.63, 3.8) is 0 Å². The molecule has 1 aliphatic heterocycles. The van der Waals surface area contributed by atoms with Gasteiger partial charge in [-0.2, -0.15) is 4.39 Å². The molecule has 4 rings (SSSR count). The summed E-state index contributed by atoms with van der Waals surface area (Å²) in [7, 11) is 1.69. The van der Waals surface area contributed by atoms with E-state index < -0.39 is 29.8 Å². The summed E-state index contributed by atoms with van der Waals surface area (Å²) in [5.74, 6) is -0.692. The molecule has 2 amide bonds. The van der Waals surface area contributed by atoms with Crippen LogP contribution in [0.1, 0.15) is 72.3 Å². The summed E-state index contributed by atoms with van der Waals surface area (Å²) in [4.78, 5) is 37.4. The highest BCUT2D eigenvalue weighted by Gasteiger charge is 2.43. The van der Waals surface area contributed by atoms with Crippen LogP contribution in [0.2, 0.25) is 5.15 Å².